The van der Waals surface area contributed by atoms with E-state index in [9.17, 15) is 9.18 Å². The highest BCUT2D eigenvalue weighted by molar-refractivity contribution is 5.94. The van der Waals surface area contributed by atoms with Crippen LogP contribution in [0.1, 0.15) is 37.6 Å². The van der Waals surface area contributed by atoms with Gasteiger partial charge in [0.25, 0.3) is 0 Å². The maximum absolute atomic E-state index is 13.1. The molecule has 0 saturated heterocycles. The van der Waals surface area contributed by atoms with Crippen molar-refractivity contribution < 1.29 is 14.3 Å². The molecule has 3 nitrogen and oxygen atoms in total. The molecule has 4 heteroatoms. The fraction of sp³-hybridized carbons (Fsp3) is 0.500. The maximum Gasteiger partial charge on any atom is 0.337 e. The van der Waals surface area contributed by atoms with E-state index in [1.54, 1.807) is 0 Å². The molecule has 0 bridgehead atoms. The molecule has 0 aliphatic heterocycles. The largest absolute Gasteiger partial charge is 0.478 e. The van der Waals surface area contributed by atoms with Crippen molar-refractivity contribution in [3.63, 3.8) is 0 Å². The van der Waals surface area contributed by atoms with Crippen LogP contribution < -0.4 is 4.90 Å². The molecule has 1 atom stereocenters. The summed E-state index contributed by atoms with van der Waals surface area (Å²) < 4.78 is 13.1. The van der Waals surface area contributed by atoms with Gasteiger partial charge >= 0.3 is 5.97 Å². The van der Waals surface area contributed by atoms with Crippen LogP contribution in [0.5, 0.6) is 0 Å². The van der Waals surface area contributed by atoms with Crippen LogP contribution >= 0.6 is 0 Å². The van der Waals surface area contributed by atoms with E-state index in [0.717, 1.165) is 12.5 Å². The average Bonchev–Trinajstić information content (AvgIpc) is 2.26. The van der Waals surface area contributed by atoms with Crippen molar-refractivity contribution in [2.45, 2.75) is 33.2 Å². The van der Waals surface area contributed by atoms with Crippen LogP contribution in [0.3, 0.4) is 0 Å². The fourth-order valence-electron chi connectivity index (χ4n) is 2.06. The molecular weight excluding hydrogens is 233 g/mol. The van der Waals surface area contributed by atoms with Gasteiger partial charge in [0.2, 0.25) is 0 Å². The second kappa shape index (κ2) is 5.85. The van der Waals surface area contributed by atoms with E-state index in [-0.39, 0.29) is 11.6 Å². The summed E-state index contributed by atoms with van der Waals surface area (Å²) in [4.78, 5) is 13.0. The van der Waals surface area contributed by atoms with Crippen LogP contribution in [0.4, 0.5) is 10.1 Å². The summed E-state index contributed by atoms with van der Waals surface area (Å²) in [6.45, 7) is 6.27. The highest BCUT2D eigenvalue weighted by atomic mass is 19.1. The molecule has 1 rings (SSSR count). The average molecular weight is 253 g/mol. The predicted octanol–water partition coefficient (Wildman–Crippen LogP) is 3.39. The van der Waals surface area contributed by atoms with Crippen LogP contribution in [0.25, 0.3) is 0 Å². The van der Waals surface area contributed by atoms with Crippen molar-refractivity contribution in [3.8, 4) is 0 Å². The molecule has 0 aliphatic rings. The first kappa shape index (κ1) is 14.5. The van der Waals surface area contributed by atoms with Gasteiger partial charge in [0.15, 0.2) is 0 Å². The smallest absolute Gasteiger partial charge is 0.337 e. The van der Waals surface area contributed by atoms with Crippen molar-refractivity contribution in [2.75, 3.05) is 11.9 Å². The highest BCUT2D eigenvalue weighted by Crippen LogP contribution is 2.24. The van der Waals surface area contributed by atoms with Gasteiger partial charge in [0, 0.05) is 13.1 Å². The molecular formula is C14H20FNO2. The summed E-state index contributed by atoms with van der Waals surface area (Å²) in [6.07, 6.45) is 0.951. The Balaban J connectivity index is 3.04. The van der Waals surface area contributed by atoms with E-state index in [4.69, 9.17) is 5.11 Å². The van der Waals surface area contributed by atoms with Crippen molar-refractivity contribution in [1.82, 2.24) is 0 Å². The molecule has 0 amide bonds. The van der Waals surface area contributed by atoms with E-state index >= 15 is 0 Å². The summed E-state index contributed by atoms with van der Waals surface area (Å²) >= 11 is 0. The molecule has 1 aromatic carbocycles. The van der Waals surface area contributed by atoms with Gasteiger partial charge in [-0.15, -0.1) is 0 Å². The van der Waals surface area contributed by atoms with Crippen LogP contribution in [0.15, 0.2) is 18.2 Å². The molecule has 100 valence electrons. The summed E-state index contributed by atoms with van der Waals surface area (Å²) in [6, 6.07) is 4.08. The third-order valence-corrected chi connectivity index (χ3v) is 3.04. The SMILES string of the molecule is CC(C)CC(C)N(C)c1ccc(F)cc1C(=O)O. The molecule has 0 fully saturated rings. The molecule has 18 heavy (non-hydrogen) atoms. The van der Waals surface area contributed by atoms with Crippen molar-refractivity contribution >= 4 is 11.7 Å². The Morgan fingerprint density at radius 1 is 1.39 bits per heavy atom. The monoisotopic (exact) mass is 253 g/mol. The number of halogens is 1. The van der Waals surface area contributed by atoms with Crippen LogP contribution in [-0.4, -0.2) is 24.2 Å². The minimum absolute atomic E-state index is 0.00751. The van der Waals surface area contributed by atoms with Gasteiger partial charge < -0.3 is 10.0 Å². The first-order valence-corrected chi connectivity index (χ1v) is 6.08. The number of hydrogen-bond donors (Lipinski definition) is 1. The number of anilines is 1. The highest BCUT2D eigenvalue weighted by Gasteiger charge is 2.18. The lowest BCUT2D eigenvalue weighted by Gasteiger charge is -2.29. The number of carboxylic acids is 1. The fourth-order valence-corrected chi connectivity index (χ4v) is 2.06. The minimum Gasteiger partial charge on any atom is -0.478 e. The van der Waals surface area contributed by atoms with E-state index in [1.165, 1.54) is 12.1 Å². The predicted molar refractivity (Wildman–Crippen MR) is 70.7 cm³/mol. The Labute approximate surface area is 107 Å². The van der Waals surface area contributed by atoms with Gasteiger partial charge in [-0.2, -0.15) is 0 Å². The van der Waals surface area contributed by atoms with Gasteiger partial charge in [-0.1, -0.05) is 13.8 Å². The lowest BCUT2D eigenvalue weighted by Crippen LogP contribution is -2.31. The van der Waals surface area contributed by atoms with Crippen molar-refractivity contribution in [1.29, 1.82) is 0 Å². The summed E-state index contributed by atoms with van der Waals surface area (Å²) in [5, 5.41) is 9.11. The second-order valence-corrected chi connectivity index (χ2v) is 5.06. The Kier molecular flexibility index (Phi) is 4.70. The van der Waals surface area contributed by atoms with Gasteiger partial charge in [-0.25, -0.2) is 9.18 Å². The summed E-state index contributed by atoms with van der Waals surface area (Å²) in [7, 11) is 1.84. The van der Waals surface area contributed by atoms with Crippen molar-refractivity contribution in [3.05, 3.63) is 29.6 Å². The molecule has 0 aromatic heterocycles. The Morgan fingerprint density at radius 3 is 2.50 bits per heavy atom. The Hall–Kier alpha value is -1.58. The Morgan fingerprint density at radius 2 is 2.00 bits per heavy atom. The molecule has 1 N–H and O–H groups in total. The number of benzene rings is 1. The lowest BCUT2D eigenvalue weighted by molar-refractivity contribution is 0.0697. The zero-order valence-electron chi connectivity index (χ0n) is 11.3. The normalized spacial score (nSPS) is 12.6. The number of aromatic carboxylic acids is 1. The zero-order valence-corrected chi connectivity index (χ0v) is 11.3. The standard InChI is InChI=1S/C14H20FNO2/c1-9(2)7-10(3)16(4)13-6-5-11(15)8-12(13)14(17)18/h5-6,8-10H,7H2,1-4H3,(H,17,18). The van der Waals surface area contributed by atoms with Gasteiger partial charge in [0.05, 0.1) is 11.3 Å². The number of carboxylic acid groups (broad SMARTS) is 1. The maximum atomic E-state index is 13.1. The van der Waals surface area contributed by atoms with Crippen LogP contribution in [0.2, 0.25) is 0 Å². The molecule has 1 aromatic rings. The van der Waals surface area contributed by atoms with Crippen LogP contribution in [-0.2, 0) is 0 Å². The van der Waals surface area contributed by atoms with Crippen LogP contribution in [0, 0.1) is 11.7 Å². The molecule has 0 aliphatic carbocycles. The number of nitrogens with zero attached hydrogens (tertiary/aromatic N) is 1. The third-order valence-electron chi connectivity index (χ3n) is 3.04. The molecule has 0 spiro atoms. The first-order valence-electron chi connectivity index (χ1n) is 6.08. The topological polar surface area (TPSA) is 40.5 Å². The number of hydrogen-bond acceptors (Lipinski definition) is 2. The summed E-state index contributed by atoms with van der Waals surface area (Å²) in [5.74, 6) is -1.11. The molecule has 0 saturated carbocycles. The van der Waals surface area contributed by atoms with Gasteiger partial charge in [-0.3, -0.25) is 0 Å². The molecule has 0 radical (unpaired) electrons. The molecule has 0 heterocycles. The van der Waals surface area contributed by atoms with Gasteiger partial charge in [0.1, 0.15) is 5.82 Å². The van der Waals surface area contributed by atoms with E-state index in [1.807, 2.05) is 18.9 Å². The number of carbonyl (C=O) groups is 1. The molecule has 1 unspecified atom stereocenters. The quantitative estimate of drug-likeness (QED) is 0.874. The lowest BCUT2D eigenvalue weighted by atomic mass is 10.0. The Bertz CT molecular complexity index is 432. The van der Waals surface area contributed by atoms with E-state index in [2.05, 4.69) is 13.8 Å². The number of rotatable bonds is 5. The third kappa shape index (κ3) is 3.45. The van der Waals surface area contributed by atoms with Crippen molar-refractivity contribution in [2.24, 2.45) is 5.92 Å². The second-order valence-electron chi connectivity index (χ2n) is 5.06. The first-order chi connectivity index (χ1) is 8.32. The summed E-state index contributed by atoms with van der Waals surface area (Å²) in [5.41, 5.74) is 0.560. The zero-order chi connectivity index (χ0) is 13.9. The van der Waals surface area contributed by atoms with E-state index in [0.29, 0.717) is 11.6 Å². The van der Waals surface area contributed by atoms with Gasteiger partial charge in [-0.05, 0) is 37.5 Å². The minimum atomic E-state index is -1.10. The van der Waals surface area contributed by atoms with E-state index < -0.39 is 11.8 Å².